The number of methoxy groups -OCH3 is 1. The van der Waals surface area contributed by atoms with E-state index >= 15 is 0 Å². The molecule has 0 unspecified atom stereocenters. The first-order valence-electron chi connectivity index (χ1n) is 10.4. The normalized spacial score (nSPS) is 26.3. The molecule has 2 aromatic rings. The van der Waals surface area contributed by atoms with Gasteiger partial charge in [0, 0.05) is 29.6 Å². The van der Waals surface area contributed by atoms with Crippen molar-refractivity contribution in [1.82, 2.24) is 9.80 Å². The van der Waals surface area contributed by atoms with Gasteiger partial charge in [0.2, 0.25) is 5.91 Å². The Morgan fingerprint density at radius 1 is 1.41 bits per heavy atom. The Labute approximate surface area is 172 Å². The summed E-state index contributed by atoms with van der Waals surface area (Å²) in [5, 5.41) is 0. The minimum atomic E-state index is -0.103. The van der Waals surface area contributed by atoms with E-state index in [1.54, 1.807) is 25.7 Å². The van der Waals surface area contributed by atoms with Crippen molar-refractivity contribution >= 4 is 12.0 Å². The number of carbonyl (C=O) groups is 1. The van der Waals surface area contributed by atoms with E-state index in [1.165, 1.54) is 11.1 Å². The van der Waals surface area contributed by atoms with E-state index in [0.717, 1.165) is 30.7 Å². The van der Waals surface area contributed by atoms with Crippen molar-refractivity contribution in [3.63, 3.8) is 0 Å². The fourth-order valence-corrected chi connectivity index (χ4v) is 5.24. The molecule has 1 aromatic heterocycles. The highest BCUT2D eigenvalue weighted by Gasteiger charge is 2.52. The molecule has 1 aromatic carbocycles. The zero-order chi connectivity index (χ0) is 20.6. The molecule has 1 saturated heterocycles. The van der Waals surface area contributed by atoms with Crippen LogP contribution >= 0.6 is 0 Å². The van der Waals surface area contributed by atoms with Gasteiger partial charge in [-0.05, 0) is 68.8 Å². The SMILES string of the molecule is CCN(C(=O)/C=C/c1ccoc1)[C@@H]1[C@H]2Cc3ccc(OC)cc3[C@@]1(C)CCN2C. The van der Waals surface area contributed by atoms with Gasteiger partial charge < -0.3 is 19.0 Å². The molecule has 1 aliphatic heterocycles. The predicted molar refractivity (Wildman–Crippen MR) is 114 cm³/mol. The summed E-state index contributed by atoms with van der Waals surface area (Å²) in [6.07, 6.45) is 8.73. The van der Waals surface area contributed by atoms with Crippen LogP contribution in [0.15, 0.2) is 47.3 Å². The van der Waals surface area contributed by atoms with Crippen molar-refractivity contribution in [3.05, 3.63) is 59.6 Å². The zero-order valence-corrected chi connectivity index (χ0v) is 17.7. The summed E-state index contributed by atoms with van der Waals surface area (Å²) < 4.78 is 10.6. The van der Waals surface area contributed by atoms with Crippen molar-refractivity contribution in [2.45, 2.75) is 44.2 Å². The third-order valence-corrected chi connectivity index (χ3v) is 6.85. The van der Waals surface area contributed by atoms with E-state index in [1.807, 2.05) is 12.1 Å². The van der Waals surface area contributed by atoms with Crippen LogP contribution in [-0.4, -0.2) is 55.0 Å². The molecule has 2 heterocycles. The second-order valence-electron chi connectivity index (χ2n) is 8.40. The monoisotopic (exact) mass is 394 g/mol. The smallest absolute Gasteiger partial charge is 0.246 e. The third-order valence-electron chi connectivity index (χ3n) is 6.85. The lowest BCUT2D eigenvalue weighted by atomic mass is 9.61. The van der Waals surface area contributed by atoms with Crippen LogP contribution in [0.2, 0.25) is 0 Å². The van der Waals surface area contributed by atoms with Crippen molar-refractivity contribution in [2.75, 3.05) is 27.2 Å². The van der Waals surface area contributed by atoms with Crippen molar-refractivity contribution in [3.8, 4) is 5.75 Å². The van der Waals surface area contributed by atoms with Gasteiger partial charge in [0.1, 0.15) is 5.75 Å². The molecule has 2 aliphatic rings. The van der Waals surface area contributed by atoms with E-state index < -0.39 is 0 Å². The number of piperidine rings is 1. The van der Waals surface area contributed by atoms with E-state index in [-0.39, 0.29) is 17.4 Å². The van der Waals surface area contributed by atoms with Crippen molar-refractivity contribution in [1.29, 1.82) is 0 Å². The van der Waals surface area contributed by atoms with Crippen molar-refractivity contribution in [2.24, 2.45) is 0 Å². The van der Waals surface area contributed by atoms with Crippen LogP contribution in [0.4, 0.5) is 0 Å². The van der Waals surface area contributed by atoms with E-state index in [0.29, 0.717) is 12.6 Å². The summed E-state index contributed by atoms with van der Waals surface area (Å²) in [6, 6.07) is 8.71. The van der Waals surface area contributed by atoms with Gasteiger partial charge in [0.05, 0.1) is 25.7 Å². The molecule has 3 atom stereocenters. The van der Waals surface area contributed by atoms with Gasteiger partial charge in [-0.15, -0.1) is 0 Å². The number of likely N-dealkylation sites (tertiary alicyclic amines) is 1. The number of hydrogen-bond acceptors (Lipinski definition) is 4. The molecule has 0 spiro atoms. The minimum Gasteiger partial charge on any atom is -0.497 e. The number of carbonyl (C=O) groups excluding carboxylic acids is 1. The molecule has 29 heavy (non-hydrogen) atoms. The third kappa shape index (κ3) is 3.38. The molecule has 1 fully saturated rings. The Bertz CT molecular complexity index is 905. The van der Waals surface area contributed by atoms with Gasteiger partial charge in [-0.25, -0.2) is 0 Å². The minimum absolute atomic E-state index is 0.0524. The number of benzene rings is 1. The first-order chi connectivity index (χ1) is 14.0. The van der Waals surface area contributed by atoms with Crippen LogP contribution in [0.5, 0.6) is 5.75 Å². The van der Waals surface area contributed by atoms with Gasteiger partial charge in [-0.2, -0.15) is 0 Å². The Morgan fingerprint density at radius 3 is 2.93 bits per heavy atom. The van der Waals surface area contributed by atoms with Crippen LogP contribution in [0.1, 0.15) is 37.0 Å². The fourth-order valence-electron chi connectivity index (χ4n) is 5.24. The largest absolute Gasteiger partial charge is 0.497 e. The molecular formula is C24H30N2O3. The maximum Gasteiger partial charge on any atom is 0.246 e. The van der Waals surface area contributed by atoms with E-state index in [4.69, 9.17) is 9.15 Å². The van der Waals surface area contributed by atoms with E-state index in [2.05, 4.69) is 48.9 Å². The lowest BCUT2D eigenvalue weighted by Gasteiger charge is -2.57. The fraction of sp³-hybridized carbons (Fsp3) is 0.458. The summed E-state index contributed by atoms with van der Waals surface area (Å²) >= 11 is 0. The zero-order valence-electron chi connectivity index (χ0n) is 17.7. The van der Waals surface area contributed by atoms with Crippen LogP contribution in [0.3, 0.4) is 0 Å². The molecule has 4 rings (SSSR count). The average Bonchev–Trinajstić information content (AvgIpc) is 3.25. The Hall–Kier alpha value is -2.53. The second-order valence-corrected chi connectivity index (χ2v) is 8.40. The van der Waals surface area contributed by atoms with Gasteiger partial charge in [-0.3, -0.25) is 4.79 Å². The van der Waals surface area contributed by atoms with Crippen LogP contribution in [-0.2, 0) is 16.6 Å². The summed E-state index contributed by atoms with van der Waals surface area (Å²) in [5.41, 5.74) is 3.50. The van der Waals surface area contributed by atoms with Crippen molar-refractivity contribution < 1.29 is 13.9 Å². The molecular weight excluding hydrogens is 364 g/mol. The first kappa shape index (κ1) is 19.8. The Balaban J connectivity index is 1.73. The van der Waals surface area contributed by atoms with Gasteiger partial charge >= 0.3 is 0 Å². The molecule has 0 N–H and O–H groups in total. The Kier molecular flexibility index (Phi) is 5.26. The molecule has 1 amide bonds. The lowest BCUT2D eigenvalue weighted by Crippen LogP contribution is -2.67. The van der Waals surface area contributed by atoms with Crippen LogP contribution in [0, 0.1) is 0 Å². The summed E-state index contributed by atoms with van der Waals surface area (Å²) in [6.45, 7) is 6.11. The molecule has 5 nitrogen and oxygen atoms in total. The molecule has 0 radical (unpaired) electrons. The summed E-state index contributed by atoms with van der Waals surface area (Å²) in [5.74, 6) is 0.937. The number of furan rings is 1. The first-order valence-corrected chi connectivity index (χ1v) is 10.4. The number of hydrogen-bond donors (Lipinski definition) is 0. The number of amides is 1. The predicted octanol–water partition coefficient (Wildman–Crippen LogP) is 3.74. The highest BCUT2D eigenvalue weighted by molar-refractivity contribution is 5.92. The second kappa shape index (κ2) is 7.71. The number of likely N-dealkylation sites (N-methyl/N-ethyl adjacent to an activating group) is 2. The molecule has 1 aliphatic carbocycles. The number of nitrogens with zero attached hydrogens (tertiary/aromatic N) is 2. The molecule has 2 bridgehead atoms. The molecule has 0 saturated carbocycles. The topological polar surface area (TPSA) is 45.9 Å². The number of fused-ring (bicyclic) bond motifs is 4. The van der Waals surface area contributed by atoms with E-state index in [9.17, 15) is 4.79 Å². The summed E-state index contributed by atoms with van der Waals surface area (Å²) in [4.78, 5) is 17.7. The van der Waals surface area contributed by atoms with Crippen LogP contribution in [0.25, 0.3) is 6.08 Å². The maximum atomic E-state index is 13.2. The summed E-state index contributed by atoms with van der Waals surface area (Å²) in [7, 11) is 3.90. The highest BCUT2D eigenvalue weighted by Crippen LogP contribution is 2.47. The maximum absolute atomic E-state index is 13.2. The van der Waals surface area contributed by atoms with Gasteiger partial charge in [0.15, 0.2) is 0 Å². The molecule has 5 heteroatoms. The van der Waals surface area contributed by atoms with Gasteiger partial charge in [-0.1, -0.05) is 13.0 Å². The van der Waals surface area contributed by atoms with Gasteiger partial charge in [0.25, 0.3) is 0 Å². The standard InChI is InChI=1S/C24H30N2O3/c1-5-26(22(27)9-6-17-10-13-29-16-17)23-21-14-18-7-8-19(28-4)15-20(18)24(23,2)11-12-25(21)3/h6-10,13,15-16,21,23H,5,11-12,14H2,1-4H3/b9-6+/t21-,23-,24-/m1/s1. The lowest BCUT2D eigenvalue weighted by molar-refractivity contribution is -0.133. The molecule has 154 valence electrons. The Morgan fingerprint density at radius 2 is 2.24 bits per heavy atom. The van der Waals surface area contributed by atoms with Crippen LogP contribution < -0.4 is 4.74 Å². The quantitative estimate of drug-likeness (QED) is 0.725. The highest BCUT2D eigenvalue weighted by atomic mass is 16.5. The average molecular weight is 395 g/mol. The number of rotatable bonds is 5. The number of ether oxygens (including phenoxy) is 1.